The van der Waals surface area contributed by atoms with Crippen LogP contribution in [0.15, 0.2) is 0 Å². The molecule has 1 unspecified atom stereocenters. The summed E-state index contributed by atoms with van der Waals surface area (Å²) >= 11 is 0. The van der Waals surface area contributed by atoms with Gasteiger partial charge in [-0.25, -0.2) is 4.79 Å². The molecule has 4 heteroatoms. The highest BCUT2D eigenvalue weighted by molar-refractivity contribution is 5.65. The van der Waals surface area contributed by atoms with Crippen LogP contribution in [0.1, 0.15) is 33.6 Å². The fourth-order valence-electron chi connectivity index (χ4n) is 1.82. The van der Waals surface area contributed by atoms with Gasteiger partial charge in [0.2, 0.25) is 0 Å². The molecule has 1 aliphatic rings. The van der Waals surface area contributed by atoms with Crippen LogP contribution in [0.4, 0.5) is 4.79 Å². The van der Waals surface area contributed by atoms with Gasteiger partial charge in [0.1, 0.15) is 0 Å². The van der Waals surface area contributed by atoms with Crippen LogP contribution in [-0.4, -0.2) is 41.9 Å². The Balaban J connectivity index is 2.46. The van der Waals surface area contributed by atoms with Crippen molar-refractivity contribution in [1.29, 1.82) is 0 Å². The standard InChI is InChI=1S/C11H21NO3/c1-11(2,3)8-12(10(13)14)7-9-5-4-6-15-9/h9H,4-8H2,1-3H3,(H,13,14). The van der Waals surface area contributed by atoms with E-state index in [0.717, 1.165) is 19.4 Å². The molecule has 1 amide bonds. The summed E-state index contributed by atoms with van der Waals surface area (Å²) in [6.45, 7) is 7.96. The van der Waals surface area contributed by atoms with E-state index in [-0.39, 0.29) is 11.5 Å². The first-order chi connectivity index (χ1) is 6.88. The number of ether oxygens (including phenoxy) is 1. The molecule has 0 aliphatic carbocycles. The second kappa shape index (κ2) is 4.84. The average molecular weight is 215 g/mol. The van der Waals surface area contributed by atoms with Gasteiger partial charge in [-0.15, -0.1) is 0 Å². The first kappa shape index (κ1) is 12.3. The van der Waals surface area contributed by atoms with Crippen molar-refractivity contribution in [2.24, 2.45) is 5.41 Å². The van der Waals surface area contributed by atoms with Crippen molar-refractivity contribution < 1.29 is 14.6 Å². The van der Waals surface area contributed by atoms with Gasteiger partial charge < -0.3 is 14.7 Å². The van der Waals surface area contributed by atoms with Crippen LogP contribution in [0.5, 0.6) is 0 Å². The lowest BCUT2D eigenvalue weighted by Crippen LogP contribution is -2.41. The first-order valence-electron chi connectivity index (χ1n) is 5.48. The SMILES string of the molecule is CC(C)(C)CN(CC1CCCO1)C(=O)O. The molecule has 0 bridgehead atoms. The van der Waals surface area contributed by atoms with E-state index in [9.17, 15) is 4.79 Å². The molecular formula is C11H21NO3. The van der Waals surface area contributed by atoms with Crippen molar-refractivity contribution in [3.8, 4) is 0 Å². The van der Waals surface area contributed by atoms with Crippen LogP contribution in [-0.2, 0) is 4.74 Å². The van der Waals surface area contributed by atoms with Crippen molar-refractivity contribution in [1.82, 2.24) is 4.90 Å². The molecule has 1 heterocycles. The second-order valence-electron chi connectivity index (χ2n) is 5.36. The van der Waals surface area contributed by atoms with Gasteiger partial charge in [-0.3, -0.25) is 0 Å². The minimum Gasteiger partial charge on any atom is -0.465 e. The van der Waals surface area contributed by atoms with Gasteiger partial charge in [0.15, 0.2) is 0 Å². The fourth-order valence-corrected chi connectivity index (χ4v) is 1.82. The van der Waals surface area contributed by atoms with Crippen LogP contribution < -0.4 is 0 Å². The predicted molar refractivity (Wildman–Crippen MR) is 58.0 cm³/mol. The van der Waals surface area contributed by atoms with E-state index in [0.29, 0.717) is 13.1 Å². The quantitative estimate of drug-likeness (QED) is 0.785. The topological polar surface area (TPSA) is 49.8 Å². The number of carboxylic acid groups (broad SMARTS) is 1. The Labute approximate surface area is 91.2 Å². The first-order valence-corrected chi connectivity index (χ1v) is 5.48. The highest BCUT2D eigenvalue weighted by atomic mass is 16.5. The Hall–Kier alpha value is -0.770. The van der Waals surface area contributed by atoms with E-state index in [1.165, 1.54) is 4.90 Å². The van der Waals surface area contributed by atoms with Gasteiger partial charge in [0.05, 0.1) is 12.6 Å². The normalized spacial score (nSPS) is 21.7. The van der Waals surface area contributed by atoms with Crippen LogP contribution in [0.2, 0.25) is 0 Å². The average Bonchev–Trinajstić information content (AvgIpc) is 2.52. The molecule has 1 aliphatic heterocycles. The number of rotatable bonds is 3. The zero-order valence-electron chi connectivity index (χ0n) is 9.82. The van der Waals surface area contributed by atoms with E-state index in [2.05, 4.69) is 0 Å². The number of nitrogens with zero attached hydrogens (tertiary/aromatic N) is 1. The molecule has 0 radical (unpaired) electrons. The largest absolute Gasteiger partial charge is 0.465 e. The molecule has 1 saturated heterocycles. The summed E-state index contributed by atoms with van der Waals surface area (Å²) in [5.41, 5.74) is -0.00298. The lowest BCUT2D eigenvalue weighted by molar-refractivity contribution is 0.0589. The maximum absolute atomic E-state index is 11.0. The third-order valence-corrected chi connectivity index (χ3v) is 2.38. The van der Waals surface area contributed by atoms with E-state index < -0.39 is 6.09 Å². The van der Waals surface area contributed by atoms with Gasteiger partial charge in [-0.05, 0) is 18.3 Å². The summed E-state index contributed by atoms with van der Waals surface area (Å²) in [5.74, 6) is 0. The van der Waals surface area contributed by atoms with Crippen molar-refractivity contribution >= 4 is 6.09 Å². The molecule has 1 rings (SSSR count). The molecule has 0 saturated carbocycles. The minimum atomic E-state index is -0.847. The van der Waals surface area contributed by atoms with E-state index in [4.69, 9.17) is 9.84 Å². The van der Waals surface area contributed by atoms with Crippen molar-refractivity contribution in [2.45, 2.75) is 39.7 Å². The van der Waals surface area contributed by atoms with Crippen LogP contribution in [0.3, 0.4) is 0 Å². The lowest BCUT2D eigenvalue weighted by Gasteiger charge is -2.29. The molecule has 0 aromatic carbocycles. The Bertz CT molecular complexity index is 216. The zero-order valence-corrected chi connectivity index (χ0v) is 9.82. The third kappa shape index (κ3) is 4.51. The molecule has 1 fully saturated rings. The van der Waals surface area contributed by atoms with Gasteiger partial charge >= 0.3 is 6.09 Å². The number of amides is 1. The number of carbonyl (C=O) groups is 1. The van der Waals surface area contributed by atoms with Gasteiger partial charge in [0, 0.05) is 13.2 Å². The molecule has 0 spiro atoms. The van der Waals surface area contributed by atoms with Crippen LogP contribution >= 0.6 is 0 Å². The molecule has 0 aromatic rings. The molecule has 1 atom stereocenters. The lowest BCUT2D eigenvalue weighted by atomic mass is 9.96. The molecule has 88 valence electrons. The van der Waals surface area contributed by atoms with E-state index >= 15 is 0 Å². The highest BCUT2D eigenvalue weighted by Crippen LogP contribution is 2.18. The van der Waals surface area contributed by atoms with Crippen molar-refractivity contribution in [3.05, 3.63) is 0 Å². The van der Waals surface area contributed by atoms with E-state index in [1.807, 2.05) is 20.8 Å². The summed E-state index contributed by atoms with van der Waals surface area (Å²) < 4.78 is 5.44. The Morgan fingerprint density at radius 2 is 2.20 bits per heavy atom. The summed E-state index contributed by atoms with van der Waals surface area (Å²) in [6.07, 6.45) is 1.28. The molecular weight excluding hydrogens is 194 g/mol. The number of hydrogen-bond acceptors (Lipinski definition) is 2. The molecule has 0 aromatic heterocycles. The molecule has 4 nitrogen and oxygen atoms in total. The van der Waals surface area contributed by atoms with Crippen LogP contribution in [0, 0.1) is 5.41 Å². The smallest absolute Gasteiger partial charge is 0.407 e. The van der Waals surface area contributed by atoms with Gasteiger partial charge in [-0.1, -0.05) is 20.8 Å². The zero-order chi connectivity index (χ0) is 11.5. The van der Waals surface area contributed by atoms with Gasteiger partial charge in [-0.2, -0.15) is 0 Å². The number of hydrogen-bond donors (Lipinski definition) is 1. The second-order valence-corrected chi connectivity index (χ2v) is 5.36. The predicted octanol–water partition coefficient (Wildman–Crippen LogP) is 2.19. The summed E-state index contributed by atoms with van der Waals surface area (Å²) in [7, 11) is 0. The summed E-state index contributed by atoms with van der Waals surface area (Å²) in [5, 5.41) is 9.07. The minimum absolute atomic E-state index is 0.00298. The maximum Gasteiger partial charge on any atom is 0.407 e. The third-order valence-electron chi connectivity index (χ3n) is 2.38. The van der Waals surface area contributed by atoms with Crippen LogP contribution in [0.25, 0.3) is 0 Å². The highest BCUT2D eigenvalue weighted by Gasteiger charge is 2.25. The monoisotopic (exact) mass is 215 g/mol. The maximum atomic E-state index is 11.0. The Kier molecular flexibility index (Phi) is 3.97. The van der Waals surface area contributed by atoms with E-state index in [1.54, 1.807) is 0 Å². The fraction of sp³-hybridized carbons (Fsp3) is 0.909. The molecule has 15 heavy (non-hydrogen) atoms. The molecule has 1 N–H and O–H groups in total. The summed E-state index contributed by atoms with van der Waals surface area (Å²) in [6, 6.07) is 0. The Morgan fingerprint density at radius 1 is 1.53 bits per heavy atom. The Morgan fingerprint density at radius 3 is 2.60 bits per heavy atom. The van der Waals surface area contributed by atoms with Crippen molar-refractivity contribution in [3.63, 3.8) is 0 Å². The van der Waals surface area contributed by atoms with Crippen molar-refractivity contribution in [2.75, 3.05) is 19.7 Å². The summed E-state index contributed by atoms with van der Waals surface area (Å²) in [4.78, 5) is 12.5. The van der Waals surface area contributed by atoms with Gasteiger partial charge in [0.25, 0.3) is 0 Å².